The van der Waals surface area contributed by atoms with Gasteiger partial charge in [0.1, 0.15) is 13.1 Å². The number of nitrogens with zero attached hydrogens (tertiary/aromatic N) is 2. The Hall–Kier alpha value is -2.26. The smallest absolute Gasteiger partial charge is 0.405 e. The van der Waals surface area contributed by atoms with Gasteiger partial charge in [0.25, 0.3) is 5.56 Å². The molecule has 0 bridgehead atoms. The van der Waals surface area contributed by atoms with E-state index in [-0.39, 0.29) is 0 Å². The molecule has 0 amide bonds. The zero-order valence-corrected chi connectivity index (χ0v) is 9.69. The molecule has 1 heterocycles. The van der Waals surface area contributed by atoms with Gasteiger partial charge in [0.2, 0.25) is 5.75 Å². The molecule has 106 valence electrons. The zero-order valence-electron chi connectivity index (χ0n) is 9.69. The minimum atomic E-state index is -4.65. The molecule has 0 aliphatic carbocycles. The largest absolute Gasteiger partial charge is 0.489 e. The number of rotatable bonds is 5. The highest BCUT2D eigenvalue weighted by Crippen LogP contribution is 2.25. The normalized spacial score (nSPS) is 11.2. The van der Waals surface area contributed by atoms with Gasteiger partial charge in [-0.15, -0.1) is 0 Å². The number of anilines is 1. The van der Waals surface area contributed by atoms with Gasteiger partial charge in [0.15, 0.2) is 5.82 Å². The predicted molar refractivity (Wildman–Crippen MR) is 57.3 cm³/mol. The molecule has 0 aliphatic heterocycles. The van der Waals surface area contributed by atoms with Crippen LogP contribution < -0.4 is 15.2 Å². The van der Waals surface area contributed by atoms with Crippen molar-refractivity contribution >= 4 is 11.8 Å². The summed E-state index contributed by atoms with van der Waals surface area (Å²) in [5.41, 5.74) is -0.801. The summed E-state index contributed by atoms with van der Waals surface area (Å²) in [7, 11) is 1.07. The quantitative estimate of drug-likeness (QED) is 0.802. The summed E-state index contributed by atoms with van der Waals surface area (Å²) in [5, 5.41) is 8.61. The number of aromatic amines is 1. The van der Waals surface area contributed by atoms with E-state index in [0.717, 1.165) is 13.4 Å². The second-order valence-electron chi connectivity index (χ2n) is 3.45. The third-order valence-corrected chi connectivity index (χ3v) is 1.99. The van der Waals surface area contributed by atoms with Gasteiger partial charge >= 0.3 is 12.1 Å². The third-order valence-electron chi connectivity index (χ3n) is 1.99. The van der Waals surface area contributed by atoms with Crippen LogP contribution in [0.25, 0.3) is 0 Å². The van der Waals surface area contributed by atoms with E-state index >= 15 is 0 Å². The molecule has 0 unspecified atom stereocenters. The second-order valence-corrected chi connectivity index (χ2v) is 3.45. The summed E-state index contributed by atoms with van der Waals surface area (Å²) in [6.07, 6.45) is -3.78. The summed E-state index contributed by atoms with van der Waals surface area (Å²) in [5.74, 6) is -2.45. The molecule has 1 rings (SSSR count). The highest BCUT2D eigenvalue weighted by molar-refractivity contribution is 5.74. The van der Waals surface area contributed by atoms with Crippen molar-refractivity contribution in [2.75, 3.05) is 25.1 Å². The number of hydrogen-bond acceptors (Lipinski definition) is 5. The van der Waals surface area contributed by atoms with E-state index in [0.29, 0.717) is 4.90 Å². The standard InChI is InChI=1S/C9H10F3N3O4/c1-19-6-7(13-4-14-8(6)18)15(2-5(16)17)3-9(10,11)12/h4H,2-3H2,1H3,(H,16,17)(H,13,14,18). The van der Waals surface area contributed by atoms with Crippen molar-refractivity contribution in [2.45, 2.75) is 6.18 Å². The van der Waals surface area contributed by atoms with Crippen LogP contribution in [0.3, 0.4) is 0 Å². The molecule has 0 saturated heterocycles. The molecular weight excluding hydrogens is 271 g/mol. The Morgan fingerprint density at radius 1 is 1.58 bits per heavy atom. The van der Waals surface area contributed by atoms with Crippen molar-refractivity contribution in [1.82, 2.24) is 9.97 Å². The molecule has 1 aromatic rings. The second kappa shape index (κ2) is 5.59. The maximum Gasteiger partial charge on any atom is 0.405 e. The van der Waals surface area contributed by atoms with Crippen molar-refractivity contribution < 1.29 is 27.8 Å². The van der Waals surface area contributed by atoms with Gasteiger partial charge < -0.3 is 19.7 Å². The van der Waals surface area contributed by atoms with Crippen LogP contribution >= 0.6 is 0 Å². The molecule has 19 heavy (non-hydrogen) atoms. The van der Waals surface area contributed by atoms with Crippen LogP contribution in [-0.4, -0.2) is 47.4 Å². The van der Waals surface area contributed by atoms with Crippen LogP contribution in [-0.2, 0) is 4.79 Å². The Morgan fingerprint density at radius 3 is 2.68 bits per heavy atom. The van der Waals surface area contributed by atoms with Crippen LogP contribution in [0.15, 0.2) is 11.1 Å². The number of carboxylic acids is 1. The Morgan fingerprint density at radius 2 is 2.21 bits per heavy atom. The minimum Gasteiger partial charge on any atom is -0.489 e. The first-order valence-electron chi connectivity index (χ1n) is 4.89. The number of methoxy groups -OCH3 is 1. The molecule has 0 spiro atoms. The molecule has 0 saturated carbocycles. The van der Waals surface area contributed by atoms with Crippen LogP contribution in [0.1, 0.15) is 0 Å². The van der Waals surface area contributed by atoms with Gasteiger partial charge in [-0.05, 0) is 0 Å². The van der Waals surface area contributed by atoms with Crippen molar-refractivity contribution in [2.24, 2.45) is 0 Å². The number of alkyl halides is 3. The SMILES string of the molecule is COc1c(N(CC(=O)O)CC(F)(F)F)nc[nH]c1=O. The van der Waals surface area contributed by atoms with Gasteiger partial charge in [0.05, 0.1) is 13.4 Å². The van der Waals surface area contributed by atoms with Crippen LogP contribution in [0.2, 0.25) is 0 Å². The molecular formula is C9H10F3N3O4. The lowest BCUT2D eigenvalue weighted by Crippen LogP contribution is -2.39. The van der Waals surface area contributed by atoms with Crippen LogP contribution in [0.4, 0.5) is 19.0 Å². The maximum atomic E-state index is 12.4. The van der Waals surface area contributed by atoms with Gasteiger partial charge in [0, 0.05) is 0 Å². The summed E-state index contributed by atoms with van der Waals surface area (Å²) < 4.78 is 41.8. The van der Waals surface area contributed by atoms with E-state index in [2.05, 4.69) is 14.7 Å². The number of carbonyl (C=O) groups is 1. The summed E-state index contributed by atoms with van der Waals surface area (Å²) in [6.45, 7) is -2.53. The first kappa shape index (κ1) is 14.8. The van der Waals surface area contributed by atoms with Crippen molar-refractivity contribution in [3.05, 3.63) is 16.7 Å². The Bertz CT molecular complexity index is 514. The fourth-order valence-corrected chi connectivity index (χ4v) is 1.37. The molecule has 7 nitrogen and oxygen atoms in total. The molecule has 0 aliphatic rings. The van der Waals surface area contributed by atoms with Crippen LogP contribution in [0.5, 0.6) is 5.75 Å². The molecule has 0 radical (unpaired) electrons. The first-order chi connectivity index (χ1) is 8.74. The van der Waals surface area contributed by atoms with Gasteiger partial charge in [-0.3, -0.25) is 9.59 Å². The van der Waals surface area contributed by atoms with Crippen LogP contribution in [0, 0.1) is 0 Å². The number of nitrogens with one attached hydrogen (secondary N) is 1. The molecule has 0 aromatic carbocycles. The number of halogens is 3. The maximum absolute atomic E-state index is 12.4. The number of aromatic nitrogens is 2. The molecule has 0 fully saturated rings. The van der Waals surface area contributed by atoms with Crippen molar-refractivity contribution in [1.29, 1.82) is 0 Å². The number of ether oxygens (including phenoxy) is 1. The van der Waals surface area contributed by atoms with Gasteiger partial charge in [-0.1, -0.05) is 0 Å². The summed E-state index contributed by atoms with van der Waals surface area (Å²) >= 11 is 0. The average Bonchev–Trinajstić information content (AvgIpc) is 2.25. The predicted octanol–water partition coefficient (Wildman–Crippen LogP) is 0.232. The zero-order chi connectivity index (χ0) is 14.6. The lowest BCUT2D eigenvalue weighted by molar-refractivity contribution is -0.136. The van der Waals surface area contributed by atoms with E-state index in [1.807, 2.05) is 0 Å². The van der Waals surface area contributed by atoms with E-state index < -0.39 is 42.4 Å². The Kier molecular flexibility index (Phi) is 4.35. The topological polar surface area (TPSA) is 95.5 Å². The summed E-state index contributed by atoms with van der Waals surface area (Å²) in [4.78, 5) is 28.0. The fourth-order valence-electron chi connectivity index (χ4n) is 1.37. The Balaban J connectivity index is 3.20. The number of hydrogen-bond donors (Lipinski definition) is 2. The van der Waals surface area contributed by atoms with E-state index in [9.17, 15) is 22.8 Å². The lowest BCUT2D eigenvalue weighted by atomic mass is 10.4. The Labute approximate surface area is 104 Å². The highest BCUT2D eigenvalue weighted by atomic mass is 19.4. The molecule has 1 aromatic heterocycles. The minimum absolute atomic E-state index is 0.399. The molecule has 2 N–H and O–H groups in total. The van der Waals surface area contributed by atoms with Crippen molar-refractivity contribution in [3.63, 3.8) is 0 Å². The third kappa shape index (κ3) is 4.16. The number of aliphatic carboxylic acids is 1. The van der Waals surface area contributed by atoms with Gasteiger partial charge in [-0.2, -0.15) is 13.2 Å². The molecule has 0 atom stereocenters. The lowest BCUT2D eigenvalue weighted by Gasteiger charge is -2.23. The fraction of sp³-hybridized carbons (Fsp3) is 0.444. The van der Waals surface area contributed by atoms with Crippen molar-refractivity contribution in [3.8, 4) is 5.75 Å². The van der Waals surface area contributed by atoms with Gasteiger partial charge in [-0.25, -0.2) is 4.98 Å². The van der Waals surface area contributed by atoms with E-state index in [1.54, 1.807) is 0 Å². The highest BCUT2D eigenvalue weighted by Gasteiger charge is 2.33. The van der Waals surface area contributed by atoms with E-state index in [4.69, 9.17) is 5.11 Å². The average molecular weight is 281 g/mol. The molecule has 10 heteroatoms. The first-order valence-corrected chi connectivity index (χ1v) is 4.89. The number of H-pyrrole nitrogens is 1. The monoisotopic (exact) mass is 281 g/mol. The van der Waals surface area contributed by atoms with E-state index in [1.165, 1.54) is 0 Å². The number of carboxylic acid groups (broad SMARTS) is 1. The summed E-state index contributed by atoms with van der Waals surface area (Å²) in [6, 6.07) is 0.